The third kappa shape index (κ3) is 1.40. The Kier molecular flexibility index (Phi) is 3.70. The van der Waals surface area contributed by atoms with Gasteiger partial charge in [0.05, 0.1) is 17.9 Å². The molecule has 138 valence electrons. The van der Waals surface area contributed by atoms with Gasteiger partial charge in [0.25, 0.3) is 11.8 Å². The van der Waals surface area contributed by atoms with Crippen molar-refractivity contribution in [2.75, 3.05) is 13.2 Å². The highest BCUT2D eigenvalue weighted by Crippen LogP contribution is 2.87. The number of carbonyl (C=O) groups excluding carboxylic acids is 1. The zero-order chi connectivity index (χ0) is 19.5. The highest BCUT2D eigenvalue weighted by Gasteiger charge is 3.06. The second kappa shape index (κ2) is 5.26. The molecule has 0 aromatic heterocycles. The number of aliphatic imine (C=N–C) groups is 1. The van der Waals surface area contributed by atoms with Crippen LogP contribution in [0.1, 0.15) is 34.6 Å². The minimum Gasteiger partial charge on any atom is -0.386 e. The number of carbonyl (C=O) groups is 1. The summed E-state index contributed by atoms with van der Waals surface area (Å²) in [5, 5.41) is 26.0. The molecule has 1 saturated carbocycles. The summed E-state index contributed by atoms with van der Waals surface area (Å²) in [5.41, 5.74) is 1.53. The summed E-state index contributed by atoms with van der Waals surface area (Å²) in [7, 11) is 0. The predicted molar refractivity (Wildman–Crippen MR) is 91.2 cm³/mol. The van der Waals surface area contributed by atoms with Crippen LogP contribution >= 0.6 is 0 Å². The molecule has 2 N–H and O–H groups in total. The van der Waals surface area contributed by atoms with Gasteiger partial charge in [-0.05, 0) is 34.6 Å². The molecule has 0 aromatic carbocycles. The van der Waals surface area contributed by atoms with Crippen molar-refractivity contribution in [1.82, 2.24) is 5.01 Å². The third-order valence-corrected chi connectivity index (χ3v) is 5.58. The van der Waals surface area contributed by atoms with E-state index in [0.717, 1.165) is 0 Å². The molecular weight excluding hydrogens is 336 g/mol. The molecule has 3 rings (SSSR count). The number of hydrogen-bond acceptors (Lipinski definition) is 8. The summed E-state index contributed by atoms with van der Waals surface area (Å²) >= 11 is 0. The highest BCUT2D eigenvalue weighted by atomic mass is 16.7. The van der Waals surface area contributed by atoms with E-state index in [4.69, 9.17) is 15.2 Å². The van der Waals surface area contributed by atoms with E-state index in [1.165, 1.54) is 5.01 Å². The van der Waals surface area contributed by atoms with Crippen molar-refractivity contribution in [1.29, 1.82) is 10.5 Å². The Balaban J connectivity index is 2.34. The Morgan fingerprint density at radius 3 is 2.19 bits per heavy atom. The van der Waals surface area contributed by atoms with Crippen LogP contribution in [0.15, 0.2) is 10.1 Å². The molecule has 2 aliphatic heterocycles. The number of ether oxygens (including phenoxy) is 2. The molecule has 0 radical (unpaired) electrons. The van der Waals surface area contributed by atoms with Crippen molar-refractivity contribution in [2.24, 2.45) is 32.1 Å². The smallest absolute Gasteiger partial charge is 0.294 e. The summed E-state index contributed by atoms with van der Waals surface area (Å²) in [5.74, 6) is -2.41. The van der Waals surface area contributed by atoms with E-state index in [9.17, 15) is 15.3 Å². The predicted octanol–water partition coefficient (Wildman–Crippen LogP) is 0.730. The van der Waals surface area contributed by atoms with Crippen LogP contribution < -0.4 is 5.73 Å². The van der Waals surface area contributed by atoms with Gasteiger partial charge in [-0.15, -0.1) is 0 Å². The fourth-order valence-corrected chi connectivity index (χ4v) is 4.75. The second-order valence-electron chi connectivity index (χ2n) is 6.85. The van der Waals surface area contributed by atoms with Crippen LogP contribution in [0.4, 0.5) is 0 Å². The number of amidine groups is 1. The van der Waals surface area contributed by atoms with Gasteiger partial charge in [0.1, 0.15) is 11.3 Å². The minimum absolute atomic E-state index is 0.128. The van der Waals surface area contributed by atoms with Crippen LogP contribution in [-0.4, -0.2) is 47.6 Å². The van der Waals surface area contributed by atoms with Crippen molar-refractivity contribution in [3.8, 4) is 12.1 Å². The first kappa shape index (κ1) is 18.3. The Morgan fingerprint density at radius 2 is 1.81 bits per heavy atom. The molecule has 0 bridgehead atoms. The SMILES string of the molecule is CCOC1(OCC)N=C(N)C2(C#N)C3(C(=O)N(C(C)C)N=C3C)C12C#N. The number of nitrogens with two attached hydrogens (primary N) is 1. The number of rotatable bonds is 5. The van der Waals surface area contributed by atoms with Gasteiger partial charge in [-0.1, -0.05) is 0 Å². The average Bonchev–Trinajstić information content (AvgIpc) is 2.99. The number of hydrazone groups is 1. The van der Waals surface area contributed by atoms with Crippen LogP contribution in [0.2, 0.25) is 0 Å². The number of fused-ring (bicyclic) bond motifs is 3. The van der Waals surface area contributed by atoms with Crippen LogP contribution in [0.3, 0.4) is 0 Å². The van der Waals surface area contributed by atoms with E-state index in [1.54, 1.807) is 34.6 Å². The van der Waals surface area contributed by atoms with E-state index in [1.807, 2.05) is 0 Å². The summed E-state index contributed by atoms with van der Waals surface area (Å²) in [6.45, 7) is 9.01. The third-order valence-electron chi connectivity index (χ3n) is 5.58. The van der Waals surface area contributed by atoms with Gasteiger partial charge < -0.3 is 15.2 Å². The van der Waals surface area contributed by atoms with Gasteiger partial charge in [-0.2, -0.15) is 15.6 Å². The first-order valence-electron chi connectivity index (χ1n) is 8.60. The van der Waals surface area contributed by atoms with E-state index < -0.39 is 28.1 Å². The molecule has 0 saturated heterocycles. The van der Waals surface area contributed by atoms with Crippen molar-refractivity contribution in [2.45, 2.75) is 46.6 Å². The zero-order valence-corrected chi connectivity index (χ0v) is 15.5. The van der Waals surface area contributed by atoms with Crippen molar-refractivity contribution in [3.63, 3.8) is 0 Å². The fraction of sp³-hybridized carbons (Fsp3) is 0.706. The minimum atomic E-state index is -1.83. The molecule has 26 heavy (non-hydrogen) atoms. The van der Waals surface area contributed by atoms with Crippen LogP contribution in [-0.2, 0) is 14.3 Å². The van der Waals surface area contributed by atoms with Crippen LogP contribution in [0.5, 0.6) is 0 Å². The summed E-state index contributed by atoms with van der Waals surface area (Å²) in [6, 6.07) is 4.03. The van der Waals surface area contributed by atoms with Crippen molar-refractivity contribution >= 4 is 17.5 Å². The second-order valence-corrected chi connectivity index (χ2v) is 6.85. The van der Waals surface area contributed by atoms with Gasteiger partial charge in [0.15, 0.2) is 10.8 Å². The molecule has 2 heterocycles. The van der Waals surface area contributed by atoms with Crippen LogP contribution in [0.25, 0.3) is 0 Å². The van der Waals surface area contributed by atoms with Gasteiger partial charge in [0, 0.05) is 19.3 Å². The first-order chi connectivity index (χ1) is 12.2. The van der Waals surface area contributed by atoms with E-state index >= 15 is 0 Å². The topological polar surface area (TPSA) is 137 Å². The van der Waals surface area contributed by atoms with Gasteiger partial charge in [0.2, 0.25) is 0 Å². The standard InChI is InChI=1S/C17H22N6O3/c1-6-25-17(26-7-2)15(9-19)14(8-18,12(20)21-17)16(15)11(5)22-23(10(3)4)13(16)24/h10H,6-7H2,1-5H3,(H2,20,21). The highest BCUT2D eigenvalue weighted by molar-refractivity contribution is 6.25. The lowest BCUT2D eigenvalue weighted by molar-refractivity contribution is -0.258. The molecule has 1 spiro atoms. The summed E-state index contributed by atoms with van der Waals surface area (Å²) < 4.78 is 11.5. The molecule has 3 aliphatic rings. The quantitative estimate of drug-likeness (QED) is 0.719. The maximum absolute atomic E-state index is 13.4. The number of amides is 1. The average molecular weight is 358 g/mol. The molecule has 1 fully saturated rings. The molecule has 0 aromatic rings. The van der Waals surface area contributed by atoms with Crippen molar-refractivity contribution in [3.05, 3.63) is 0 Å². The van der Waals surface area contributed by atoms with Crippen LogP contribution in [0, 0.1) is 38.9 Å². The molecule has 1 amide bonds. The maximum atomic E-state index is 13.4. The largest absolute Gasteiger partial charge is 0.386 e. The molecule has 1 aliphatic carbocycles. The summed E-state index contributed by atoms with van der Waals surface area (Å²) in [4.78, 5) is 17.7. The maximum Gasteiger partial charge on any atom is 0.294 e. The lowest BCUT2D eigenvalue weighted by Gasteiger charge is -2.33. The van der Waals surface area contributed by atoms with Gasteiger partial charge >= 0.3 is 0 Å². The van der Waals surface area contributed by atoms with E-state index in [-0.39, 0.29) is 25.1 Å². The lowest BCUT2D eigenvalue weighted by atomic mass is 9.85. The van der Waals surface area contributed by atoms with E-state index in [0.29, 0.717) is 5.71 Å². The molecule has 9 heteroatoms. The Bertz CT molecular complexity index is 815. The normalized spacial score (nSPS) is 36.6. The molecule has 9 nitrogen and oxygen atoms in total. The zero-order valence-electron chi connectivity index (χ0n) is 15.5. The Hall–Kier alpha value is -2.49. The number of nitrogens with zero attached hydrogens (tertiary/aromatic N) is 5. The van der Waals surface area contributed by atoms with Gasteiger partial charge in [-0.25, -0.2) is 10.0 Å². The fourth-order valence-electron chi connectivity index (χ4n) is 4.75. The molecule has 3 atom stereocenters. The first-order valence-corrected chi connectivity index (χ1v) is 8.60. The Labute approximate surface area is 152 Å². The van der Waals surface area contributed by atoms with Crippen molar-refractivity contribution < 1.29 is 14.3 Å². The number of hydrogen-bond donors (Lipinski definition) is 1. The molecular formula is C17H22N6O3. The lowest BCUT2D eigenvalue weighted by Crippen LogP contribution is -2.49. The Morgan fingerprint density at radius 1 is 1.23 bits per heavy atom. The van der Waals surface area contributed by atoms with E-state index in [2.05, 4.69) is 22.2 Å². The number of nitriles is 2. The molecule has 3 unspecified atom stereocenters. The summed E-state index contributed by atoms with van der Waals surface area (Å²) in [6.07, 6.45) is 0. The monoisotopic (exact) mass is 358 g/mol. The van der Waals surface area contributed by atoms with Gasteiger partial charge in [-0.3, -0.25) is 4.79 Å².